The number of carbonyl (C=O) groups is 5. The van der Waals surface area contributed by atoms with Crippen LogP contribution in [0.3, 0.4) is 0 Å². The van der Waals surface area contributed by atoms with E-state index >= 15 is 0 Å². The third-order valence-electron chi connectivity index (χ3n) is 4.70. The number of carboxylic acid groups (broad SMARTS) is 2. The zero-order chi connectivity index (χ0) is 24.5. The number of benzene rings is 1. The topological polar surface area (TPSA) is 224 Å². The molecule has 0 aliphatic heterocycles. The number of nitrogens with two attached hydrogens (primary N) is 1. The van der Waals surface area contributed by atoms with Crippen LogP contribution in [-0.2, 0) is 30.4 Å². The van der Waals surface area contributed by atoms with Crippen LogP contribution < -0.4 is 21.7 Å². The van der Waals surface area contributed by atoms with Crippen LogP contribution >= 0.6 is 0 Å². The van der Waals surface area contributed by atoms with Crippen LogP contribution in [0.1, 0.15) is 12.0 Å². The van der Waals surface area contributed by atoms with E-state index in [1.165, 1.54) is 0 Å². The lowest BCUT2D eigenvalue weighted by atomic mass is 10.0. The quantitative estimate of drug-likeness (QED) is 0.169. The number of H-pyrrole nitrogens is 1. The van der Waals surface area contributed by atoms with E-state index in [0.29, 0.717) is 5.56 Å². The lowest BCUT2D eigenvalue weighted by Crippen LogP contribution is -2.55. The van der Waals surface area contributed by atoms with Gasteiger partial charge in [-0.25, -0.2) is 4.79 Å². The van der Waals surface area contributed by atoms with E-state index < -0.39 is 67.4 Å². The van der Waals surface area contributed by atoms with Crippen LogP contribution in [0.25, 0.3) is 10.9 Å². The van der Waals surface area contributed by atoms with E-state index in [4.69, 9.17) is 15.9 Å². The van der Waals surface area contributed by atoms with Crippen molar-refractivity contribution in [1.82, 2.24) is 20.9 Å². The van der Waals surface area contributed by atoms with Gasteiger partial charge in [0.2, 0.25) is 17.7 Å². The van der Waals surface area contributed by atoms with Crippen molar-refractivity contribution in [3.8, 4) is 0 Å². The summed E-state index contributed by atoms with van der Waals surface area (Å²) in [5.41, 5.74) is 6.77. The molecule has 0 aliphatic carbocycles. The highest BCUT2D eigenvalue weighted by molar-refractivity contribution is 5.94. The average Bonchev–Trinajstić information content (AvgIpc) is 3.18. The summed E-state index contributed by atoms with van der Waals surface area (Å²) >= 11 is 0. The lowest BCUT2D eigenvalue weighted by molar-refractivity contribution is -0.147. The highest BCUT2D eigenvalue weighted by Gasteiger charge is 2.29. The lowest BCUT2D eigenvalue weighted by Gasteiger charge is -2.21. The Morgan fingerprint density at radius 3 is 2.33 bits per heavy atom. The summed E-state index contributed by atoms with van der Waals surface area (Å²) in [5.74, 6) is -5.45. The van der Waals surface area contributed by atoms with Crippen molar-refractivity contribution in [2.45, 2.75) is 31.0 Å². The van der Waals surface area contributed by atoms with Gasteiger partial charge in [0, 0.05) is 23.5 Å². The minimum atomic E-state index is -1.71. The zero-order valence-electron chi connectivity index (χ0n) is 17.4. The van der Waals surface area contributed by atoms with Gasteiger partial charge in [-0.1, -0.05) is 18.2 Å². The maximum Gasteiger partial charge on any atom is 0.326 e. The fourth-order valence-electron chi connectivity index (χ4n) is 3.00. The second-order valence-electron chi connectivity index (χ2n) is 7.19. The Morgan fingerprint density at radius 1 is 1.00 bits per heavy atom. The smallest absolute Gasteiger partial charge is 0.326 e. The number of carboxylic acids is 2. The summed E-state index contributed by atoms with van der Waals surface area (Å²) in [4.78, 5) is 62.0. The first kappa shape index (κ1) is 25.3. The van der Waals surface area contributed by atoms with Crippen LogP contribution in [0.5, 0.6) is 0 Å². The maximum absolute atomic E-state index is 12.8. The molecule has 0 saturated carbocycles. The number of aromatic amines is 1. The van der Waals surface area contributed by atoms with Crippen molar-refractivity contribution >= 4 is 40.6 Å². The van der Waals surface area contributed by atoms with Gasteiger partial charge >= 0.3 is 11.9 Å². The number of hydrogen-bond donors (Lipinski definition) is 8. The first-order chi connectivity index (χ1) is 15.6. The molecule has 1 aromatic heterocycles. The third-order valence-corrected chi connectivity index (χ3v) is 4.70. The number of aromatic nitrogens is 1. The van der Waals surface area contributed by atoms with Crippen LogP contribution in [0.2, 0.25) is 0 Å². The molecule has 178 valence electrons. The van der Waals surface area contributed by atoms with Crippen LogP contribution in [0, 0.1) is 0 Å². The molecule has 0 spiro atoms. The Bertz CT molecular complexity index is 1040. The number of rotatable bonds is 12. The molecule has 0 bridgehead atoms. The van der Waals surface area contributed by atoms with E-state index in [0.717, 1.165) is 10.9 Å². The highest BCUT2D eigenvalue weighted by atomic mass is 16.4. The van der Waals surface area contributed by atoms with Crippen molar-refractivity contribution < 1.29 is 39.3 Å². The van der Waals surface area contributed by atoms with Crippen molar-refractivity contribution in [2.24, 2.45) is 5.73 Å². The highest BCUT2D eigenvalue weighted by Crippen LogP contribution is 2.19. The molecule has 2 rings (SSSR count). The summed E-state index contributed by atoms with van der Waals surface area (Å²) in [5, 5.41) is 34.5. The van der Waals surface area contributed by atoms with Gasteiger partial charge in [-0.05, 0) is 11.6 Å². The normalized spacial score (nSPS) is 13.5. The molecule has 1 aromatic carbocycles. The first-order valence-electron chi connectivity index (χ1n) is 9.85. The molecule has 3 atom stereocenters. The predicted molar refractivity (Wildman–Crippen MR) is 114 cm³/mol. The minimum absolute atomic E-state index is 0.0505. The molecule has 13 nitrogen and oxygen atoms in total. The summed E-state index contributed by atoms with van der Waals surface area (Å²) < 4.78 is 0. The monoisotopic (exact) mass is 463 g/mol. The van der Waals surface area contributed by atoms with E-state index in [1.54, 1.807) is 30.5 Å². The van der Waals surface area contributed by atoms with E-state index in [2.05, 4.69) is 20.9 Å². The fourth-order valence-corrected chi connectivity index (χ4v) is 3.00. The number of aliphatic carboxylic acids is 2. The van der Waals surface area contributed by atoms with Crippen molar-refractivity contribution in [2.75, 3.05) is 13.2 Å². The van der Waals surface area contributed by atoms with Gasteiger partial charge in [0.05, 0.1) is 19.6 Å². The number of amides is 3. The number of fused-ring (bicyclic) bond motifs is 1. The second kappa shape index (κ2) is 11.6. The zero-order valence-corrected chi connectivity index (χ0v) is 17.4. The van der Waals surface area contributed by atoms with Crippen molar-refractivity contribution in [3.05, 3.63) is 36.0 Å². The molecular weight excluding hydrogens is 438 g/mol. The Labute approximate surface area is 187 Å². The standard InChI is InChI=1S/C20H25N5O8/c21-12(9-26)18(30)23-8-16(27)24-14(19(31)25-15(20(32)33)6-17(28)29)5-10-7-22-13-4-2-1-3-11(10)13/h1-4,7,12,14-15,22,26H,5-6,8-9,21H2,(H,23,30)(H,24,27)(H,25,31)(H,28,29)(H,32,33). The second-order valence-corrected chi connectivity index (χ2v) is 7.19. The molecule has 13 heteroatoms. The third kappa shape index (κ3) is 7.29. The van der Waals surface area contributed by atoms with Gasteiger partial charge in [0.1, 0.15) is 18.1 Å². The van der Waals surface area contributed by atoms with E-state index in [9.17, 15) is 29.1 Å². The van der Waals surface area contributed by atoms with E-state index in [-0.39, 0.29) is 6.42 Å². The molecule has 0 aliphatic rings. The minimum Gasteiger partial charge on any atom is -0.481 e. The Balaban J connectivity index is 2.18. The number of carbonyl (C=O) groups excluding carboxylic acids is 3. The number of hydrogen-bond acceptors (Lipinski definition) is 7. The Hall–Kier alpha value is -3.97. The number of aliphatic hydroxyl groups excluding tert-OH is 1. The molecule has 0 radical (unpaired) electrons. The largest absolute Gasteiger partial charge is 0.481 e. The van der Waals surface area contributed by atoms with Gasteiger partial charge in [-0.15, -0.1) is 0 Å². The molecule has 0 saturated heterocycles. The number of nitrogens with one attached hydrogen (secondary N) is 4. The van der Waals surface area contributed by atoms with Gasteiger partial charge in [-0.3, -0.25) is 19.2 Å². The van der Waals surface area contributed by atoms with Gasteiger partial charge in [-0.2, -0.15) is 0 Å². The molecule has 2 aromatic rings. The number of aliphatic hydroxyl groups is 1. The first-order valence-corrected chi connectivity index (χ1v) is 9.85. The van der Waals surface area contributed by atoms with Gasteiger partial charge in [0.15, 0.2) is 0 Å². The summed E-state index contributed by atoms with van der Waals surface area (Å²) in [6, 6.07) is 2.96. The summed E-state index contributed by atoms with van der Waals surface area (Å²) in [7, 11) is 0. The van der Waals surface area contributed by atoms with E-state index in [1.807, 2.05) is 0 Å². The SMILES string of the molecule is NC(CO)C(=O)NCC(=O)NC(Cc1c[nH]c2ccccc12)C(=O)NC(CC(=O)O)C(=O)O. The molecule has 9 N–H and O–H groups in total. The van der Waals surface area contributed by atoms with Crippen LogP contribution in [0.4, 0.5) is 0 Å². The molecule has 1 heterocycles. The molecule has 3 amide bonds. The molecular formula is C20H25N5O8. The van der Waals surface area contributed by atoms with Crippen LogP contribution in [-0.4, -0.2) is 81.2 Å². The molecule has 33 heavy (non-hydrogen) atoms. The van der Waals surface area contributed by atoms with Crippen molar-refractivity contribution in [1.29, 1.82) is 0 Å². The average molecular weight is 463 g/mol. The number of para-hydroxylation sites is 1. The fraction of sp³-hybridized carbons (Fsp3) is 0.350. The Morgan fingerprint density at radius 2 is 1.70 bits per heavy atom. The maximum atomic E-state index is 12.8. The predicted octanol–water partition coefficient (Wildman–Crippen LogP) is -2.32. The van der Waals surface area contributed by atoms with Crippen LogP contribution in [0.15, 0.2) is 30.5 Å². The molecule has 3 unspecified atom stereocenters. The molecule has 0 fully saturated rings. The van der Waals surface area contributed by atoms with Gasteiger partial charge in [0.25, 0.3) is 0 Å². The summed E-state index contributed by atoms with van der Waals surface area (Å²) in [6.07, 6.45) is 0.722. The van der Waals surface area contributed by atoms with Gasteiger partial charge < -0.3 is 42.0 Å². The summed E-state index contributed by atoms with van der Waals surface area (Å²) in [6.45, 7) is -1.18. The van der Waals surface area contributed by atoms with Crippen molar-refractivity contribution in [3.63, 3.8) is 0 Å². The Kier molecular flexibility index (Phi) is 8.89.